The number of nitrogens with two attached hydrogens (primary N) is 1. The van der Waals surface area contributed by atoms with E-state index >= 15 is 0 Å². The van der Waals surface area contributed by atoms with Crippen LogP contribution in [0.15, 0.2) is 24.8 Å². The van der Waals surface area contributed by atoms with E-state index in [1.54, 1.807) is 0 Å². The summed E-state index contributed by atoms with van der Waals surface area (Å²) in [6, 6.07) is 6.07. The molecule has 1 aromatic rings. The van der Waals surface area contributed by atoms with Crippen molar-refractivity contribution in [2.24, 2.45) is 5.92 Å². The third-order valence-corrected chi connectivity index (χ3v) is 2.34. The van der Waals surface area contributed by atoms with E-state index in [1.165, 1.54) is 11.1 Å². The molecule has 0 amide bonds. The van der Waals surface area contributed by atoms with Crippen LogP contribution in [0, 0.1) is 12.8 Å². The van der Waals surface area contributed by atoms with Gasteiger partial charge in [-0.25, -0.2) is 0 Å². The monoisotopic (exact) mass is 235 g/mol. The van der Waals surface area contributed by atoms with Gasteiger partial charge in [-0.1, -0.05) is 54.2 Å². The van der Waals surface area contributed by atoms with E-state index < -0.39 is 0 Å². The van der Waals surface area contributed by atoms with Crippen molar-refractivity contribution in [2.45, 2.75) is 48.5 Å². The first kappa shape index (κ1) is 18.1. The second-order valence-corrected chi connectivity index (χ2v) is 3.75. The Labute approximate surface area is 108 Å². The topological polar surface area (TPSA) is 26.0 Å². The lowest BCUT2D eigenvalue weighted by molar-refractivity contribution is 0.857. The fourth-order valence-electron chi connectivity index (χ4n) is 1.21. The molecule has 0 aromatic heterocycles. The number of hydrogen-bond acceptors (Lipinski definition) is 1. The molecule has 0 unspecified atom stereocenters. The van der Waals surface area contributed by atoms with Gasteiger partial charge in [-0.3, -0.25) is 0 Å². The molecule has 2 N–H and O–H groups in total. The Kier molecular flexibility index (Phi) is 10.6. The SMILES string of the molecule is C=C(c1ccc(N)c(C)c1)C(C)C.CC.CC. The van der Waals surface area contributed by atoms with Crippen LogP contribution in [0.2, 0.25) is 0 Å². The van der Waals surface area contributed by atoms with Gasteiger partial charge in [0, 0.05) is 5.69 Å². The van der Waals surface area contributed by atoms with Crippen LogP contribution >= 0.6 is 0 Å². The van der Waals surface area contributed by atoms with Gasteiger partial charge >= 0.3 is 0 Å². The summed E-state index contributed by atoms with van der Waals surface area (Å²) in [5, 5.41) is 0. The fraction of sp³-hybridized carbons (Fsp3) is 0.500. The minimum absolute atomic E-state index is 0.489. The van der Waals surface area contributed by atoms with Crippen LogP contribution in [0.5, 0.6) is 0 Å². The Morgan fingerprint density at radius 3 is 1.94 bits per heavy atom. The van der Waals surface area contributed by atoms with Crippen LogP contribution in [0.4, 0.5) is 5.69 Å². The fourth-order valence-corrected chi connectivity index (χ4v) is 1.21. The summed E-state index contributed by atoms with van der Waals surface area (Å²) in [6.45, 7) is 18.4. The van der Waals surface area contributed by atoms with Crippen molar-refractivity contribution in [3.8, 4) is 0 Å². The third kappa shape index (κ3) is 6.15. The number of benzene rings is 1. The van der Waals surface area contributed by atoms with Crippen LogP contribution in [-0.2, 0) is 0 Å². The predicted octanol–water partition coefficient (Wildman–Crippen LogP) is 5.30. The molecule has 0 aliphatic carbocycles. The molecule has 1 heteroatoms. The van der Waals surface area contributed by atoms with E-state index in [1.807, 2.05) is 46.8 Å². The minimum atomic E-state index is 0.489. The molecule has 0 heterocycles. The molecule has 1 rings (SSSR count). The lowest BCUT2D eigenvalue weighted by atomic mass is 9.95. The number of anilines is 1. The quantitative estimate of drug-likeness (QED) is 0.692. The number of allylic oxidation sites excluding steroid dienone is 1. The molecule has 0 radical (unpaired) electrons. The van der Waals surface area contributed by atoms with E-state index in [-0.39, 0.29) is 0 Å². The first-order chi connectivity index (χ1) is 8.02. The largest absolute Gasteiger partial charge is 0.399 e. The zero-order valence-electron chi connectivity index (χ0n) is 12.6. The van der Waals surface area contributed by atoms with Gasteiger partial charge in [-0.15, -0.1) is 0 Å². The first-order valence-electron chi connectivity index (χ1n) is 6.57. The number of hydrogen-bond donors (Lipinski definition) is 1. The Bertz CT molecular complexity index is 324. The molecular formula is C16H29N. The maximum Gasteiger partial charge on any atom is 0.0344 e. The molecule has 0 atom stereocenters. The molecule has 0 fully saturated rings. The van der Waals surface area contributed by atoms with Crippen LogP contribution in [0.25, 0.3) is 5.57 Å². The maximum absolute atomic E-state index is 5.74. The Balaban J connectivity index is 0. The summed E-state index contributed by atoms with van der Waals surface area (Å²) in [4.78, 5) is 0. The second kappa shape index (κ2) is 9.95. The summed E-state index contributed by atoms with van der Waals surface area (Å²) < 4.78 is 0. The normalized spacial score (nSPS) is 8.71. The summed E-state index contributed by atoms with van der Waals surface area (Å²) in [6.07, 6.45) is 0. The highest BCUT2D eigenvalue weighted by molar-refractivity contribution is 5.67. The highest BCUT2D eigenvalue weighted by Gasteiger charge is 2.04. The number of rotatable bonds is 2. The van der Waals surface area contributed by atoms with Crippen molar-refractivity contribution >= 4 is 11.3 Å². The van der Waals surface area contributed by atoms with Crippen LogP contribution in [-0.4, -0.2) is 0 Å². The summed E-state index contributed by atoms with van der Waals surface area (Å²) in [7, 11) is 0. The average Bonchev–Trinajstić information content (AvgIpc) is 2.36. The molecule has 0 aliphatic heterocycles. The molecule has 0 bridgehead atoms. The molecule has 17 heavy (non-hydrogen) atoms. The lowest BCUT2D eigenvalue weighted by Gasteiger charge is -2.11. The third-order valence-electron chi connectivity index (χ3n) is 2.34. The van der Waals surface area contributed by atoms with Crippen molar-refractivity contribution in [3.05, 3.63) is 35.9 Å². The maximum atomic E-state index is 5.74. The summed E-state index contributed by atoms with van der Waals surface area (Å²) in [5.74, 6) is 0.489. The van der Waals surface area contributed by atoms with Crippen molar-refractivity contribution in [1.82, 2.24) is 0 Å². The smallest absolute Gasteiger partial charge is 0.0344 e. The molecule has 1 nitrogen and oxygen atoms in total. The molecule has 98 valence electrons. The van der Waals surface area contributed by atoms with Crippen molar-refractivity contribution in [2.75, 3.05) is 5.73 Å². The van der Waals surface area contributed by atoms with Crippen molar-refractivity contribution in [1.29, 1.82) is 0 Å². The highest BCUT2D eigenvalue weighted by Crippen LogP contribution is 2.23. The molecule has 0 aliphatic rings. The Morgan fingerprint density at radius 1 is 1.12 bits per heavy atom. The number of aryl methyl sites for hydroxylation is 1. The molecule has 0 spiro atoms. The summed E-state index contributed by atoms with van der Waals surface area (Å²) >= 11 is 0. The Hall–Kier alpha value is -1.24. The molecule has 1 aromatic carbocycles. The van der Waals surface area contributed by atoms with E-state index in [0.29, 0.717) is 5.92 Å². The number of nitrogen functional groups attached to an aromatic ring is 1. The van der Waals surface area contributed by atoms with E-state index in [9.17, 15) is 0 Å². The molecule has 0 saturated heterocycles. The van der Waals surface area contributed by atoms with Crippen LogP contribution in [0.3, 0.4) is 0 Å². The minimum Gasteiger partial charge on any atom is -0.399 e. The predicted molar refractivity (Wildman–Crippen MR) is 82.2 cm³/mol. The highest BCUT2D eigenvalue weighted by atomic mass is 14.5. The lowest BCUT2D eigenvalue weighted by Crippen LogP contribution is -1.95. The van der Waals surface area contributed by atoms with Crippen molar-refractivity contribution in [3.63, 3.8) is 0 Å². The van der Waals surface area contributed by atoms with Crippen LogP contribution < -0.4 is 5.73 Å². The van der Waals surface area contributed by atoms with Gasteiger partial charge in [0.1, 0.15) is 0 Å². The van der Waals surface area contributed by atoms with Gasteiger partial charge in [0.15, 0.2) is 0 Å². The zero-order valence-corrected chi connectivity index (χ0v) is 12.6. The molecule has 0 saturated carbocycles. The van der Waals surface area contributed by atoms with E-state index in [0.717, 1.165) is 11.3 Å². The average molecular weight is 235 g/mol. The van der Waals surface area contributed by atoms with Gasteiger partial charge in [0.25, 0.3) is 0 Å². The summed E-state index contributed by atoms with van der Waals surface area (Å²) in [5.41, 5.74) is 10.1. The zero-order chi connectivity index (χ0) is 14.0. The van der Waals surface area contributed by atoms with E-state index in [4.69, 9.17) is 5.73 Å². The Morgan fingerprint density at radius 2 is 1.59 bits per heavy atom. The standard InChI is InChI=1S/C12H17N.2C2H6/c1-8(2)10(4)11-5-6-12(13)9(3)7-11;2*1-2/h5-8H,4,13H2,1-3H3;2*1-2H3. The van der Waals surface area contributed by atoms with Gasteiger partial charge in [-0.05, 0) is 41.7 Å². The van der Waals surface area contributed by atoms with Gasteiger partial charge < -0.3 is 5.73 Å². The van der Waals surface area contributed by atoms with Gasteiger partial charge in [0.05, 0.1) is 0 Å². The first-order valence-corrected chi connectivity index (χ1v) is 6.57. The van der Waals surface area contributed by atoms with Gasteiger partial charge in [0.2, 0.25) is 0 Å². The van der Waals surface area contributed by atoms with Gasteiger partial charge in [-0.2, -0.15) is 0 Å². The van der Waals surface area contributed by atoms with Crippen LogP contribution in [0.1, 0.15) is 52.7 Å². The van der Waals surface area contributed by atoms with Crippen molar-refractivity contribution < 1.29 is 0 Å². The molecular weight excluding hydrogens is 206 g/mol. The van der Waals surface area contributed by atoms with E-state index in [2.05, 4.69) is 26.5 Å². The second-order valence-electron chi connectivity index (χ2n) is 3.75.